The Kier molecular flexibility index (Phi) is 1.02. The number of nitrogens with one attached hydrogen (secondary N) is 2. The molecule has 0 unspecified atom stereocenters. The molecule has 0 radical (unpaired) electrons. The van der Waals surface area contributed by atoms with E-state index >= 15 is 0 Å². The lowest BCUT2D eigenvalue weighted by Gasteiger charge is -1.82. The summed E-state index contributed by atoms with van der Waals surface area (Å²) in [5, 5.41) is 2.61. The molecule has 7 heavy (non-hydrogen) atoms. The first-order valence-electron chi connectivity index (χ1n) is 1.89. The molecule has 4 nitrogen and oxygen atoms in total. The summed E-state index contributed by atoms with van der Waals surface area (Å²) in [4.78, 5) is 0. The van der Waals surface area contributed by atoms with Gasteiger partial charge in [-0.3, -0.25) is 5.32 Å². The SMILES string of the molecule is O=S1(=O)CNCN1. The molecule has 0 aromatic heterocycles. The Labute approximate surface area is 42.0 Å². The van der Waals surface area contributed by atoms with E-state index in [-0.39, 0.29) is 5.88 Å². The van der Waals surface area contributed by atoms with Crippen molar-refractivity contribution in [3.63, 3.8) is 0 Å². The van der Waals surface area contributed by atoms with Crippen molar-refractivity contribution in [2.45, 2.75) is 0 Å². The third kappa shape index (κ3) is 1.12. The first-order chi connectivity index (χ1) is 3.21. The van der Waals surface area contributed by atoms with Gasteiger partial charge in [0.1, 0.15) is 5.88 Å². The summed E-state index contributed by atoms with van der Waals surface area (Å²) in [6.45, 7) is 0.377. The van der Waals surface area contributed by atoms with E-state index < -0.39 is 10.0 Å². The quantitative estimate of drug-likeness (QED) is 0.408. The Morgan fingerprint density at radius 2 is 2.14 bits per heavy atom. The van der Waals surface area contributed by atoms with Gasteiger partial charge in [-0.15, -0.1) is 0 Å². The average Bonchev–Trinajstić information content (AvgIpc) is 1.84. The molecule has 0 spiro atoms. The van der Waals surface area contributed by atoms with Crippen LogP contribution in [0.25, 0.3) is 0 Å². The standard InChI is InChI=1S/C2H6N2O2S/c5-7(6)2-3-1-4-7/h3-4H,1-2H2. The molecule has 42 valence electrons. The van der Waals surface area contributed by atoms with E-state index in [1.165, 1.54) is 0 Å². The highest BCUT2D eigenvalue weighted by atomic mass is 32.2. The van der Waals surface area contributed by atoms with Crippen molar-refractivity contribution in [2.24, 2.45) is 0 Å². The van der Waals surface area contributed by atoms with Gasteiger partial charge in [0.15, 0.2) is 0 Å². The third-order valence-electron chi connectivity index (χ3n) is 0.709. The Morgan fingerprint density at radius 1 is 1.43 bits per heavy atom. The van der Waals surface area contributed by atoms with Gasteiger partial charge >= 0.3 is 0 Å². The van der Waals surface area contributed by atoms with E-state index in [2.05, 4.69) is 10.0 Å². The molecule has 0 aromatic carbocycles. The largest absolute Gasteiger partial charge is 0.289 e. The lowest BCUT2D eigenvalue weighted by molar-refractivity contribution is 0.594. The molecule has 1 heterocycles. The second-order valence-electron chi connectivity index (χ2n) is 1.33. The maximum atomic E-state index is 10.3. The summed E-state index contributed by atoms with van der Waals surface area (Å²) in [5.41, 5.74) is 0. The van der Waals surface area contributed by atoms with Gasteiger partial charge in [-0.1, -0.05) is 0 Å². The summed E-state index contributed by atoms with van der Waals surface area (Å²) in [5.74, 6) is 0.0625. The van der Waals surface area contributed by atoms with Crippen LogP contribution < -0.4 is 10.0 Å². The van der Waals surface area contributed by atoms with E-state index in [1.54, 1.807) is 0 Å². The van der Waals surface area contributed by atoms with Crippen LogP contribution in [0.2, 0.25) is 0 Å². The molecule has 1 aliphatic rings. The van der Waals surface area contributed by atoms with Gasteiger partial charge < -0.3 is 0 Å². The van der Waals surface area contributed by atoms with Crippen LogP contribution in [0, 0.1) is 0 Å². The van der Waals surface area contributed by atoms with Crippen LogP contribution >= 0.6 is 0 Å². The van der Waals surface area contributed by atoms with Crippen molar-refractivity contribution >= 4 is 10.0 Å². The molecular formula is C2H6N2O2S. The first kappa shape index (κ1) is 5.02. The minimum absolute atomic E-state index is 0.0625. The smallest absolute Gasteiger partial charge is 0.225 e. The zero-order valence-electron chi connectivity index (χ0n) is 3.64. The van der Waals surface area contributed by atoms with Crippen molar-refractivity contribution in [3.05, 3.63) is 0 Å². The predicted octanol–water partition coefficient (Wildman–Crippen LogP) is -1.58. The van der Waals surface area contributed by atoms with E-state index in [4.69, 9.17) is 0 Å². The minimum atomic E-state index is -2.91. The number of sulfonamides is 1. The number of hydrogen-bond acceptors (Lipinski definition) is 3. The maximum absolute atomic E-state index is 10.3. The van der Waals surface area contributed by atoms with Gasteiger partial charge in [-0.05, 0) is 0 Å². The van der Waals surface area contributed by atoms with Gasteiger partial charge in [0, 0.05) is 0 Å². The van der Waals surface area contributed by atoms with Crippen LogP contribution in [-0.4, -0.2) is 21.0 Å². The van der Waals surface area contributed by atoms with Crippen molar-refractivity contribution in [1.82, 2.24) is 10.0 Å². The molecule has 0 bridgehead atoms. The van der Waals surface area contributed by atoms with Crippen LogP contribution in [0.15, 0.2) is 0 Å². The summed E-state index contributed by atoms with van der Waals surface area (Å²) < 4.78 is 22.8. The Bertz CT molecular complexity index is 137. The minimum Gasteiger partial charge on any atom is -0.289 e. The molecule has 0 saturated carbocycles. The van der Waals surface area contributed by atoms with Gasteiger partial charge in [0.25, 0.3) is 0 Å². The summed E-state index contributed by atoms with van der Waals surface area (Å²) >= 11 is 0. The molecule has 1 rings (SSSR count). The average molecular weight is 122 g/mol. The lowest BCUT2D eigenvalue weighted by Crippen LogP contribution is -2.15. The normalized spacial score (nSPS) is 28.0. The summed E-state index contributed by atoms with van der Waals surface area (Å²) in [7, 11) is -2.91. The van der Waals surface area contributed by atoms with Crippen LogP contribution in [0.3, 0.4) is 0 Å². The van der Waals surface area contributed by atoms with Crippen molar-refractivity contribution in [3.8, 4) is 0 Å². The Hall–Kier alpha value is -0.130. The fraction of sp³-hybridized carbons (Fsp3) is 1.00. The lowest BCUT2D eigenvalue weighted by atomic mass is 11.1. The number of hydrogen-bond donors (Lipinski definition) is 2. The summed E-state index contributed by atoms with van der Waals surface area (Å²) in [6, 6.07) is 0. The zero-order chi connectivity index (χ0) is 5.33. The molecule has 0 atom stereocenters. The Balaban J connectivity index is 2.76. The van der Waals surface area contributed by atoms with Gasteiger partial charge in [0.05, 0.1) is 6.67 Å². The monoisotopic (exact) mass is 122 g/mol. The highest BCUT2D eigenvalue weighted by molar-refractivity contribution is 7.89. The van der Waals surface area contributed by atoms with Crippen LogP contribution in [0.4, 0.5) is 0 Å². The molecule has 0 amide bonds. The molecule has 1 aliphatic heterocycles. The van der Waals surface area contributed by atoms with Gasteiger partial charge in [-0.2, -0.15) is 0 Å². The molecule has 1 fully saturated rings. The second-order valence-corrected chi connectivity index (χ2v) is 3.14. The van der Waals surface area contributed by atoms with Gasteiger partial charge in [0.2, 0.25) is 10.0 Å². The van der Waals surface area contributed by atoms with Crippen LogP contribution in [-0.2, 0) is 10.0 Å². The maximum Gasteiger partial charge on any atom is 0.225 e. The van der Waals surface area contributed by atoms with Crippen molar-refractivity contribution in [1.29, 1.82) is 0 Å². The molecule has 0 aliphatic carbocycles. The Morgan fingerprint density at radius 3 is 2.29 bits per heavy atom. The fourth-order valence-electron chi connectivity index (χ4n) is 0.397. The van der Waals surface area contributed by atoms with Crippen molar-refractivity contribution in [2.75, 3.05) is 12.5 Å². The first-order valence-corrected chi connectivity index (χ1v) is 3.54. The highest BCUT2D eigenvalue weighted by Gasteiger charge is 2.13. The predicted molar refractivity (Wildman–Crippen MR) is 24.9 cm³/mol. The highest BCUT2D eigenvalue weighted by Crippen LogP contribution is 1.83. The molecule has 1 saturated heterocycles. The van der Waals surface area contributed by atoms with Crippen molar-refractivity contribution < 1.29 is 8.42 Å². The van der Waals surface area contributed by atoms with Crippen LogP contribution in [0.1, 0.15) is 0 Å². The molecule has 5 heteroatoms. The van der Waals surface area contributed by atoms with E-state index in [1.807, 2.05) is 0 Å². The zero-order valence-corrected chi connectivity index (χ0v) is 4.46. The number of rotatable bonds is 0. The van der Waals surface area contributed by atoms with Gasteiger partial charge in [-0.25, -0.2) is 13.1 Å². The van der Waals surface area contributed by atoms with E-state index in [9.17, 15) is 8.42 Å². The van der Waals surface area contributed by atoms with E-state index in [0.29, 0.717) is 6.67 Å². The fourth-order valence-corrected chi connectivity index (χ4v) is 1.19. The van der Waals surface area contributed by atoms with Crippen LogP contribution in [0.5, 0.6) is 0 Å². The topological polar surface area (TPSA) is 58.2 Å². The van der Waals surface area contributed by atoms with E-state index in [0.717, 1.165) is 0 Å². The summed E-state index contributed by atoms with van der Waals surface area (Å²) in [6.07, 6.45) is 0. The third-order valence-corrected chi connectivity index (χ3v) is 1.88. The molecule has 2 N–H and O–H groups in total. The molecule has 0 aromatic rings. The second kappa shape index (κ2) is 1.43. The molecular weight excluding hydrogens is 116 g/mol.